The van der Waals surface area contributed by atoms with Gasteiger partial charge in [-0.25, -0.2) is 5.26 Å². The number of fused-ring (bicyclic) bond motifs is 1. The van der Waals surface area contributed by atoms with E-state index in [1.165, 1.54) is 0 Å². The fourth-order valence-corrected chi connectivity index (χ4v) is 1.51. The van der Waals surface area contributed by atoms with Crippen LogP contribution in [0.3, 0.4) is 0 Å². The van der Waals surface area contributed by atoms with E-state index in [4.69, 9.17) is 14.7 Å². The van der Waals surface area contributed by atoms with Crippen LogP contribution in [0.4, 0.5) is 0 Å². The van der Waals surface area contributed by atoms with Crippen molar-refractivity contribution in [2.24, 2.45) is 0 Å². The Balaban J connectivity index is 2.54. The van der Waals surface area contributed by atoms with Crippen molar-refractivity contribution in [3.8, 4) is 17.2 Å². The van der Waals surface area contributed by atoms with Crippen molar-refractivity contribution in [1.29, 1.82) is 0 Å². The lowest BCUT2D eigenvalue weighted by Gasteiger charge is -2.11. The summed E-state index contributed by atoms with van der Waals surface area (Å²) in [4.78, 5) is 4.34. The van der Waals surface area contributed by atoms with Crippen LogP contribution in [0.25, 0.3) is 0 Å². The standard InChI is InChI=1S/C10H12O4/c1-6(2)7-3-4-8-10(9(7)14-11)13-5-12-8/h3-4,6,11H,5H2,1-2H3. The highest BCUT2D eigenvalue weighted by Crippen LogP contribution is 2.44. The molecule has 0 spiro atoms. The SMILES string of the molecule is CC(C)c1ccc2c(c1OO)OCO2. The third kappa shape index (κ3) is 1.28. The van der Waals surface area contributed by atoms with Gasteiger partial charge in [-0.15, -0.1) is 0 Å². The molecule has 0 atom stereocenters. The molecule has 1 heterocycles. The summed E-state index contributed by atoms with van der Waals surface area (Å²) in [6.07, 6.45) is 0. The van der Waals surface area contributed by atoms with Crippen LogP contribution in [-0.4, -0.2) is 12.1 Å². The highest BCUT2D eigenvalue weighted by molar-refractivity contribution is 5.57. The van der Waals surface area contributed by atoms with Crippen molar-refractivity contribution in [2.45, 2.75) is 19.8 Å². The fraction of sp³-hybridized carbons (Fsp3) is 0.400. The summed E-state index contributed by atoms with van der Waals surface area (Å²) < 4.78 is 10.4. The molecule has 0 bridgehead atoms. The van der Waals surface area contributed by atoms with Crippen molar-refractivity contribution in [3.63, 3.8) is 0 Å². The maximum atomic E-state index is 8.80. The first-order chi connectivity index (χ1) is 6.74. The summed E-state index contributed by atoms with van der Waals surface area (Å²) in [7, 11) is 0. The fourth-order valence-electron chi connectivity index (χ4n) is 1.51. The molecule has 0 saturated carbocycles. The molecule has 0 radical (unpaired) electrons. The summed E-state index contributed by atoms with van der Waals surface area (Å²) >= 11 is 0. The second kappa shape index (κ2) is 3.38. The Kier molecular flexibility index (Phi) is 2.21. The van der Waals surface area contributed by atoms with Crippen molar-refractivity contribution in [3.05, 3.63) is 17.7 Å². The normalized spacial score (nSPS) is 13.4. The molecule has 0 saturated heterocycles. The van der Waals surface area contributed by atoms with Gasteiger partial charge in [0.15, 0.2) is 5.75 Å². The Morgan fingerprint density at radius 3 is 2.79 bits per heavy atom. The van der Waals surface area contributed by atoms with E-state index in [1.54, 1.807) is 0 Å². The lowest BCUT2D eigenvalue weighted by Crippen LogP contribution is -1.97. The number of hydrogen-bond donors (Lipinski definition) is 1. The van der Waals surface area contributed by atoms with E-state index < -0.39 is 0 Å². The lowest BCUT2D eigenvalue weighted by molar-refractivity contribution is -0.139. The van der Waals surface area contributed by atoms with Crippen molar-refractivity contribution in [1.82, 2.24) is 0 Å². The molecule has 1 aromatic carbocycles. The molecule has 1 N–H and O–H groups in total. The summed E-state index contributed by atoms with van der Waals surface area (Å²) in [5, 5.41) is 8.80. The molecular weight excluding hydrogens is 184 g/mol. The largest absolute Gasteiger partial charge is 0.453 e. The zero-order chi connectivity index (χ0) is 10.1. The molecule has 4 nitrogen and oxygen atoms in total. The van der Waals surface area contributed by atoms with E-state index in [2.05, 4.69) is 4.89 Å². The predicted molar refractivity (Wildman–Crippen MR) is 49.9 cm³/mol. The van der Waals surface area contributed by atoms with Gasteiger partial charge in [0, 0.05) is 5.56 Å². The second-order valence-electron chi connectivity index (χ2n) is 3.46. The third-order valence-electron chi connectivity index (χ3n) is 2.24. The van der Waals surface area contributed by atoms with Gasteiger partial charge in [0.05, 0.1) is 0 Å². The zero-order valence-corrected chi connectivity index (χ0v) is 8.11. The van der Waals surface area contributed by atoms with Gasteiger partial charge in [-0.3, -0.25) is 0 Å². The Morgan fingerprint density at radius 1 is 1.36 bits per heavy atom. The molecule has 1 aliphatic rings. The second-order valence-corrected chi connectivity index (χ2v) is 3.46. The summed E-state index contributed by atoms with van der Waals surface area (Å²) in [5.41, 5.74) is 0.900. The zero-order valence-electron chi connectivity index (χ0n) is 8.11. The molecule has 76 valence electrons. The van der Waals surface area contributed by atoms with Crippen LogP contribution in [0.1, 0.15) is 25.3 Å². The molecule has 14 heavy (non-hydrogen) atoms. The van der Waals surface area contributed by atoms with Crippen LogP contribution in [0, 0.1) is 0 Å². The number of benzene rings is 1. The minimum atomic E-state index is 0.174. The Hall–Kier alpha value is -1.42. The smallest absolute Gasteiger partial charge is 0.231 e. The van der Waals surface area contributed by atoms with Gasteiger partial charge in [-0.2, -0.15) is 0 Å². The summed E-state index contributed by atoms with van der Waals surface area (Å²) in [6.45, 7) is 4.20. The van der Waals surface area contributed by atoms with Crippen molar-refractivity contribution < 1.29 is 19.6 Å². The Morgan fingerprint density at radius 2 is 2.14 bits per heavy atom. The number of hydrogen-bond acceptors (Lipinski definition) is 4. The Labute approximate surface area is 81.9 Å². The van der Waals surface area contributed by atoms with Crippen LogP contribution in [0.15, 0.2) is 12.1 Å². The summed E-state index contributed by atoms with van der Waals surface area (Å²) in [6, 6.07) is 3.68. The maximum absolute atomic E-state index is 8.80. The van der Waals surface area contributed by atoms with Gasteiger partial charge in [0.1, 0.15) is 0 Å². The first-order valence-corrected chi connectivity index (χ1v) is 4.48. The quantitative estimate of drug-likeness (QED) is 0.582. The molecule has 0 aromatic heterocycles. The molecule has 4 heteroatoms. The van der Waals surface area contributed by atoms with E-state index >= 15 is 0 Å². The van der Waals surface area contributed by atoms with Crippen LogP contribution in [0.2, 0.25) is 0 Å². The first-order valence-electron chi connectivity index (χ1n) is 4.48. The van der Waals surface area contributed by atoms with Crippen LogP contribution in [0.5, 0.6) is 17.2 Å². The van der Waals surface area contributed by atoms with Gasteiger partial charge in [0.25, 0.3) is 0 Å². The molecular formula is C10H12O4. The van der Waals surface area contributed by atoms with Gasteiger partial charge >= 0.3 is 0 Å². The summed E-state index contributed by atoms with van der Waals surface area (Å²) in [5.74, 6) is 1.71. The molecule has 1 aliphatic heterocycles. The van der Waals surface area contributed by atoms with Crippen LogP contribution in [-0.2, 0) is 0 Å². The predicted octanol–water partition coefficient (Wildman–Crippen LogP) is 2.39. The topological polar surface area (TPSA) is 47.9 Å². The Bertz CT molecular complexity index is 346. The molecule has 0 unspecified atom stereocenters. The van der Waals surface area contributed by atoms with Gasteiger partial charge in [-0.1, -0.05) is 19.9 Å². The molecule has 1 aromatic rings. The highest BCUT2D eigenvalue weighted by atomic mass is 17.1. The van der Waals surface area contributed by atoms with Crippen LogP contribution < -0.4 is 14.4 Å². The van der Waals surface area contributed by atoms with Gasteiger partial charge in [0.2, 0.25) is 18.3 Å². The van der Waals surface area contributed by atoms with E-state index in [-0.39, 0.29) is 12.7 Å². The third-order valence-corrected chi connectivity index (χ3v) is 2.24. The average molecular weight is 196 g/mol. The van der Waals surface area contributed by atoms with E-state index in [0.717, 1.165) is 5.56 Å². The number of ether oxygens (including phenoxy) is 2. The van der Waals surface area contributed by atoms with Gasteiger partial charge in [-0.05, 0) is 12.0 Å². The highest BCUT2D eigenvalue weighted by Gasteiger charge is 2.23. The van der Waals surface area contributed by atoms with Crippen molar-refractivity contribution in [2.75, 3.05) is 6.79 Å². The molecule has 2 rings (SSSR count). The average Bonchev–Trinajstić information content (AvgIpc) is 2.63. The van der Waals surface area contributed by atoms with Crippen molar-refractivity contribution >= 4 is 0 Å². The first kappa shape index (κ1) is 9.15. The van der Waals surface area contributed by atoms with Gasteiger partial charge < -0.3 is 14.4 Å². The molecule has 0 amide bonds. The minimum Gasteiger partial charge on any atom is -0.453 e. The maximum Gasteiger partial charge on any atom is 0.231 e. The molecule has 0 aliphatic carbocycles. The monoisotopic (exact) mass is 196 g/mol. The van der Waals surface area contributed by atoms with Crippen LogP contribution >= 0.6 is 0 Å². The van der Waals surface area contributed by atoms with E-state index in [0.29, 0.717) is 17.2 Å². The number of rotatable bonds is 2. The van der Waals surface area contributed by atoms with E-state index in [9.17, 15) is 0 Å². The van der Waals surface area contributed by atoms with E-state index in [1.807, 2.05) is 26.0 Å². The minimum absolute atomic E-state index is 0.174. The lowest BCUT2D eigenvalue weighted by atomic mass is 10.0. The molecule has 0 fully saturated rings.